The Bertz CT molecular complexity index is 1040. The van der Waals surface area contributed by atoms with Crippen molar-refractivity contribution in [2.75, 3.05) is 17.4 Å². The third-order valence-electron chi connectivity index (χ3n) is 4.65. The maximum Gasteiger partial charge on any atom is 0.256 e. The Morgan fingerprint density at radius 1 is 1.00 bits per heavy atom. The first kappa shape index (κ1) is 18.8. The van der Waals surface area contributed by atoms with Crippen molar-refractivity contribution in [3.63, 3.8) is 0 Å². The van der Waals surface area contributed by atoms with Crippen molar-refractivity contribution in [2.45, 2.75) is 26.2 Å². The number of amides is 1. The molecule has 0 fully saturated rings. The number of para-hydroxylation sites is 1. The summed E-state index contributed by atoms with van der Waals surface area (Å²) in [4.78, 5) is 16.8. The van der Waals surface area contributed by atoms with Crippen LogP contribution in [0.1, 0.15) is 36.7 Å². The number of rotatable bonds is 4. The number of benzene rings is 2. The minimum Gasteiger partial charge on any atom is -0.454 e. The van der Waals surface area contributed by atoms with Gasteiger partial charge >= 0.3 is 0 Å². The van der Waals surface area contributed by atoms with Gasteiger partial charge in [0, 0.05) is 11.3 Å². The van der Waals surface area contributed by atoms with Crippen LogP contribution in [0.4, 0.5) is 17.2 Å². The molecule has 4 rings (SSSR count). The smallest absolute Gasteiger partial charge is 0.256 e. The molecule has 2 N–H and O–H groups in total. The van der Waals surface area contributed by atoms with Crippen molar-refractivity contribution in [1.82, 2.24) is 4.98 Å². The van der Waals surface area contributed by atoms with Crippen molar-refractivity contribution >= 4 is 23.1 Å². The van der Waals surface area contributed by atoms with Crippen LogP contribution in [0.25, 0.3) is 0 Å². The number of carbonyl (C=O) groups excluding carboxylic acids is 1. The lowest BCUT2D eigenvalue weighted by molar-refractivity contribution is 0.102. The second kappa shape index (κ2) is 7.47. The fraction of sp³-hybridized carbons (Fsp3) is 0.217. The van der Waals surface area contributed by atoms with Gasteiger partial charge in [-0.15, -0.1) is 0 Å². The zero-order valence-electron chi connectivity index (χ0n) is 16.7. The van der Waals surface area contributed by atoms with Gasteiger partial charge in [-0.1, -0.05) is 39.0 Å². The van der Waals surface area contributed by atoms with Crippen molar-refractivity contribution in [3.05, 3.63) is 71.9 Å². The van der Waals surface area contributed by atoms with Gasteiger partial charge in [0.15, 0.2) is 11.5 Å². The third-order valence-corrected chi connectivity index (χ3v) is 4.65. The van der Waals surface area contributed by atoms with Gasteiger partial charge in [-0.25, -0.2) is 4.98 Å². The Balaban J connectivity index is 1.45. The summed E-state index contributed by atoms with van der Waals surface area (Å²) in [5.74, 6) is 1.44. The second-order valence-corrected chi connectivity index (χ2v) is 7.87. The van der Waals surface area contributed by atoms with Crippen LogP contribution >= 0.6 is 0 Å². The molecule has 0 spiro atoms. The summed E-state index contributed by atoms with van der Waals surface area (Å²) in [5.41, 5.74) is 3.62. The van der Waals surface area contributed by atoms with Crippen LogP contribution in [-0.2, 0) is 5.41 Å². The maximum absolute atomic E-state index is 12.5. The largest absolute Gasteiger partial charge is 0.454 e. The number of pyridine rings is 1. The fourth-order valence-electron chi connectivity index (χ4n) is 3.17. The first-order valence-electron chi connectivity index (χ1n) is 9.44. The highest BCUT2D eigenvalue weighted by molar-refractivity contribution is 6.04. The first-order chi connectivity index (χ1) is 13.9. The Morgan fingerprint density at radius 3 is 2.55 bits per heavy atom. The minimum absolute atomic E-state index is 0.0234. The monoisotopic (exact) mass is 389 g/mol. The molecule has 1 aromatic heterocycles. The van der Waals surface area contributed by atoms with Gasteiger partial charge in [0.05, 0.1) is 11.9 Å². The van der Waals surface area contributed by atoms with Gasteiger partial charge in [-0.05, 0) is 47.4 Å². The molecule has 148 valence electrons. The molecule has 3 aromatic rings. The van der Waals surface area contributed by atoms with Crippen molar-refractivity contribution in [3.8, 4) is 11.5 Å². The van der Waals surface area contributed by atoms with E-state index in [1.54, 1.807) is 30.5 Å². The lowest BCUT2D eigenvalue weighted by Crippen LogP contribution is -2.14. The molecule has 1 aliphatic rings. The zero-order valence-corrected chi connectivity index (χ0v) is 16.7. The van der Waals surface area contributed by atoms with E-state index in [1.165, 1.54) is 5.56 Å². The summed E-state index contributed by atoms with van der Waals surface area (Å²) >= 11 is 0. The molecule has 2 heterocycles. The van der Waals surface area contributed by atoms with Gasteiger partial charge in [0.2, 0.25) is 6.79 Å². The maximum atomic E-state index is 12.5. The number of nitrogens with one attached hydrogen (secondary N) is 2. The molecule has 0 atom stereocenters. The predicted molar refractivity (Wildman–Crippen MR) is 113 cm³/mol. The SMILES string of the molecule is CC(C)(C)c1ccccc1Nc1ccc(NC(=O)c2ccc3c(c2)OCO3)nc1. The van der Waals surface area contributed by atoms with Gasteiger partial charge in [0.25, 0.3) is 5.91 Å². The molecule has 2 aromatic carbocycles. The van der Waals surface area contributed by atoms with Crippen LogP contribution in [0.2, 0.25) is 0 Å². The molecular formula is C23H23N3O3. The second-order valence-electron chi connectivity index (χ2n) is 7.87. The van der Waals surface area contributed by atoms with Gasteiger partial charge in [0.1, 0.15) is 5.82 Å². The summed E-state index contributed by atoms with van der Waals surface area (Å²) in [6, 6.07) is 17.0. The Morgan fingerprint density at radius 2 is 1.79 bits per heavy atom. The Hall–Kier alpha value is -3.54. The number of hydrogen-bond acceptors (Lipinski definition) is 5. The number of ether oxygens (including phenoxy) is 2. The zero-order chi connectivity index (χ0) is 20.4. The number of fused-ring (bicyclic) bond motifs is 1. The average molecular weight is 389 g/mol. The molecule has 1 aliphatic heterocycles. The summed E-state index contributed by atoms with van der Waals surface area (Å²) in [7, 11) is 0. The Kier molecular flexibility index (Phi) is 4.84. The number of carbonyl (C=O) groups is 1. The van der Waals surface area contributed by atoms with Crippen LogP contribution in [0.3, 0.4) is 0 Å². The molecule has 0 aliphatic carbocycles. The van der Waals surface area contributed by atoms with Crippen LogP contribution < -0.4 is 20.1 Å². The summed E-state index contributed by atoms with van der Waals surface area (Å²) in [5, 5.41) is 6.22. The van der Waals surface area contributed by atoms with E-state index in [-0.39, 0.29) is 18.1 Å². The number of anilines is 3. The fourth-order valence-corrected chi connectivity index (χ4v) is 3.17. The minimum atomic E-state index is -0.255. The lowest BCUT2D eigenvalue weighted by Gasteiger charge is -2.23. The van der Waals surface area contributed by atoms with E-state index in [2.05, 4.69) is 48.5 Å². The summed E-state index contributed by atoms with van der Waals surface area (Å²) in [6.07, 6.45) is 1.70. The predicted octanol–water partition coefficient (Wildman–Crippen LogP) is 5.10. The number of hydrogen-bond donors (Lipinski definition) is 2. The summed E-state index contributed by atoms with van der Waals surface area (Å²) in [6.45, 7) is 6.72. The van der Waals surface area contributed by atoms with E-state index in [9.17, 15) is 4.79 Å². The van der Waals surface area contributed by atoms with Gasteiger partial charge in [-0.3, -0.25) is 4.79 Å². The van der Waals surface area contributed by atoms with E-state index in [4.69, 9.17) is 9.47 Å². The van der Waals surface area contributed by atoms with Crippen molar-refractivity contribution in [2.24, 2.45) is 0 Å². The standard InChI is InChI=1S/C23H23N3O3/c1-23(2,3)17-6-4-5-7-18(17)25-16-9-11-21(24-13-16)26-22(27)15-8-10-19-20(12-15)29-14-28-19/h4-13,25H,14H2,1-3H3,(H,24,26,27). The Labute approximate surface area is 169 Å². The van der Waals surface area contributed by atoms with E-state index in [0.717, 1.165) is 11.4 Å². The third kappa shape index (κ3) is 4.16. The van der Waals surface area contributed by atoms with Gasteiger partial charge < -0.3 is 20.1 Å². The normalized spacial score (nSPS) is 12.5. The van der Waals surface area contributed by atoms with Crippen LogP contribution in [-0.4, -0.2) is 17.7 Å². The number of nitrogens with zero attached hydrogens (tertiary/aromatic N) is 1. The van der Waals surface area contributed by atoms with E-state index < -0.39 is 0 Å². The molecule has 6 nitrogen and oxygen atoms in total. The molecular weight excluding hydrogens is 366 g/mol. The molecule has 0 unspecified atom stereocenters. The highest BCUT2D eigenvalue weighted by Crippen LogP contribution is 2.33. The summed E-state index contributed by atoms with van der Waals surface area (Å²) < 4.78 is 10.6. The van der Waals surface area contributed by atoms with Crippen LogP contribution in [0.5, 0.6) is 11.5 Å². The lowest BCUT2D eigenvalue weighted by atomic mass is 9.86. The molecule has 6 heteroatoms. The molecule has 0 radical (unpaired) electrons. The van der Waals surface area contributed by atoms with Gasteiger partial charge in [-0.2, -0.15) is 0 Å². The topological polar surface area (TPSA) is 72.5 Å². The van der Waals surface area contributed by atoms with E-state index >= 15 is 0 Å². The van der Waals surface area contributed by atoms with E-state index in [1.807, 2.05) is 18.2 Å². The molecule has 1 amide bonds. The van der Waals surface area contributed by atoms with Crippen molar-refractivity contribution < 1.29 is 14.3 Å². The highest BCUT2D eigenvalue weighted by atomic mass is 16.7. The quantitative estimate of drug-likeness (QED) is 0.649. The molecule has 0 saturated carbocycles. The highest BCUT2D eigenvalue weighted by Gasteiger charge is 2.18. The average Bonchev–Trinajstić information content (AvgIpc) is 3.17. The molecule has 29 heavy (non-hydrogen) atoms. The van der Waals surface area contributed by atoms with E-state index in [0.29, 0.717) is 22.9 Å². The van der Waals surface area contributed by atoms with Crippen molar-refractivity contribution in [1.29, 1.82) is 0 Å². The van der Waals surface area contributed by atoms with Crippen LogP contribution in [0, 0.1) is 0 Å². The molecule has 0 saturated heterocycles. The van der Waals surface area contributed by atoms with Crippen LogP contribution in [0.15, 0.2) is 60.8 Å². The number of aromatic nitrogens is 1. The molecule has 0 bridgehead atoms. The first-order valence-corrected chi connectivity index (χ1v) is 9.44.